The van der Waals surface area contributed by atoms with Gasteiger partial charge >= 0.3 is 0 Å². The van der Waals surface area contributed by atoms with Gasteiger partial charge in [0.2, 0.25) is 0 Å². The highest BCUT2D eigenvalue weighted by atomic mass is 35.5. The zero-order valence-electron chi connectivity index (χ0n) is 20.7. The average molecular weight is 525 g/mol. The van der Waals surface area contributed by atoms with Gasteiger partial charge in [0.15, 0.2) is 11.5 Å². The van der Waals surface area contributed by atoms with Gasteiger partial charge in [0.05, 0.1) is 19.3 Å². The number of ether oxygens (including phenoxy) is 2. The second-order valence-corrected chi connectivity index (χ2v) is 9.15. The van der Waals surface area contributed by atoms with Gasteiger partial charge in [-0.2, -0.15) is 0 Å². The van der Waals surface area contributed by atoms with E-state index >= 15 is 0 Å². The van der Waals surface area contributed by atoms with Crippen LogP contribution >= 0.6 is 11.6 Å². The molecule has 5 rings (SSSR count). The quantitative estimate of drug-likeness (QED) is 0.290. The number of carbonyl (C=O) groups is 2. The lowest BCUT2D eigenvalue weighted by Gasteiger charge is -2.30. The number of carbonyl (C=O) groups excluding carboxylic acids is 2. The topological polar surface area (TPSA) is 67.9 Å². The first-order valence-electron chi connectivity index (χ1n) is 12.1. The lowest BCUT2D eigenvalue weighted by Crippen LogP contribution is -2.36. The average Bonchev–Trinajstić information content (AvgIpc) is 2.95. The molecule has 1 aliphatic heterocycles. The van der Waals surface area contributed by atoms with Gasteiger partial charge in [-0.05, 0) is 59.7 Å². The van der Waals surface area contributed by atoms with E-state index in [1.807, 2.05) is 60.7 Å². The van der Waals surface area contributed by atoms with Crippen LogP contribution in [0.25, 0.3) is 6.08 Å². The molecule has 1 heterocycles. The Kier molecular flexibility index (Phi) is 7.43. The number of para-hydroxylation sites is 3. The Balaban J connectivity index is 1.32. The van der Waals surface area contributed by atoms with Crippen LogP contribution in [0.3, 0.4) is 0 Å². The van der Waals surface area contributed by atoms with Crippen LogP contribution in [0.1, 0.15) is 27.0 Å². The summed E-state index contributed by atoms with van der Waals surface area (Å²) in [6.45, 7) is 0.721. The molecule has 4 aromatic carbocycles. The summed E-state index contributed by atoms with van der Waals surface area (Å²) in [5.74, 6) is 1.06. The molecule has 4 aromatic rings. The Morgan fingerprint density at radius 2 is 1.66 bits per heavy atom. The first kappa shape index (κ1) is 25.1. The van der Waals surface area contributed by atoms with Crippen LogP contribution in [-0.2, 0) is 17.9 Å². The van der Waals surface area contributed by atoms with Gasteiger partial charge < -0.3 is 14.8 Å². The highest BCUT2D eigenvalue weighted by molar-refractivity contribution is 6.30. The van der Waals surface area contributed by atoms with Crippen molar-refractivity contribution in [2.45, 2.75) is 13.1 Å². The molecule has 190 valence electrons. The molecule has 0 atom stereocenters. The number of fused-ring (bicyclic) bond motifs is 1. The Hall–Kier alpha value is -4.55. The van der Waals surface area contributed by atoms with Crippen molar-refractivity contribution in [3.63, 3.8) is 0 Å². The van der Waals surface area contributed by atoms with Crippen LogP contribution in [0.4, 0.5) is 5.69 Å². The molecular formula is C31H25ClN2O4. The van der Waals surface area contributed by atoms with Crippen molar-refractivity contribution in [1.29, 1.82) is 0 Å². The number of halogens is 1. The van der Waals surface area contributed by atoms with E-state index in [2.05, 4.69) is 5.32 Å². The van der Waals surface area contributed by atoms with Crippen molar-refractivity contribution >= 4 is 35.2 Å². The number of anilines is 1. The number of hydrogen-bond acceptors (Lipinski definition) is 4. The summed E-state index contributed by atoms with van der Waals surface area (Å²) >= 11 is 6.03. The predicted molar refractivity (Wildman–Crippen MR) is 148 cm³/mol. The molecule has 0 fully saturated rings. The van der Waals surface area contributed by atoms with E-state index in [1.54, 1.807) is 54.5 Å². The fourth-order valence-corrected chi connectivity index (χ4v) is 4.33. The van der Waals surface area contributed by atoms with E-state index in [-0.39, 0.29) is 17.6 Å². The molecule has 0 saturated heterocycles. The first-order valence-corrected chi connectivity index (χ1v) is 12.4. The molecule has 0 aromatic heterocycles. The maximum absolute atomic E-state index is 13.4. The largest absolute Gasteiger partial charge is 0.496 e. The molecule has 7 heteroatoms. The predicted octanol–water partition coefficient (Wildman–Crippen LogP) is 6.25. The molecule has 6 nitrogen and oxygen atoms in total. The molecule has 0 unspecified atom stereocenters. The zero-order valence-corrected chi connectivity index (χ0v) is 21.4. The van der Waals surface area contributed by atoms with Crippen LogP contribution in [0.2, 0.25) is 5.02 Å². The molecule has 0 saturated carbocycles. The fourth-order valence-electron chi connectivity index (χ4n) is 4.20. The van der Waals surface area contributed by atoms with Crippen molar-refractivity contribution in [2.75, 3.05) is 12.0 Å². The minimum absolute atomic E-state index is 0.200. The third kappa shape index (κ3) is 5.56. The minimum Gasteiger partial charge on any atom is -0.496 e. The second-order valence-electron chi connectivity index (χ2n) is 8.71. The van der Waals surface area contributed by atoms with Gasteiger partial charge in [-0.25, -0.2) is 0 Å². The number of rotatable bonds is 7. The van der Waals surface area contributed by atoms with Crippen molar-refractivity contribution in [3.8, 4) is 11.5 Å². The summed E-state index contributed by atoms with van der Waals surface area (Å²) in [6.07, 6.45) is 1.68. The molecule has 38 heavy (non-hydrogen) atoms. The zero-order chi connectivity index (χ0) is 26.5. The second kappa shape index (κ2) is 11.2. The van der Waals surface area contributed by atoms with E-state index in [1.165, 1.54) is 0 Å². The standard InChI is InChI=1S/C31H25ClN2O4/c1-37-27-8-4-2-6-24(27)19-33-30(35)23-14-10-21(11-15-23)18-29-31(36)34(20-22-12-16-25(32)17-13-22)26-7-3-5-9-28(26)38-29/h2-18H,19-20H2,1H3,(H,33,35). The van der Waals surface area contributed by atoms with Gasteiger partial charge in [0, 0.05) is 22.7 Å². The van der Waals surface area contributed by atoms with Crippen LogP contribution in [-0.4, -0.2) is 18.9 Å². The minimum atomic E-state index is -0.253. The lowest BCUT2D eigenvalue weighted by atomic mass is 10.1. The van der Waals surface area contributed by atoms with Crippen molar-refractivity contribution in [3.05, 3.63) is 130 Å². The third-order valence-corrected chi connectivity index (χ3v) is 6.44. The maximum atomic E-state index is 13.4. The van der Waals surface area contributed by atoms with E-state index in [9.17, 15) is 9.59 Å². The molecule has 0 bridgehead atoms. The van der Waals surface area contributed by atoms with Gasteiger partial charge in [0.1, 0.15) is 5.75 Å². The summed E-state index contributed by atoms with van der Waals surface area (Å²) in [5, 5.41) is 3.55. The van der Waals surface area contributed by atoms with Crippen molar-refractivity contribution in [1.82, 2.24) is 5.32 Å². The van der Waals surface area contributed by atoms with Gasteiger partial charge in [-0.3, -0.25) is 14.5 Å². The number of benzene rings is 4. The summed E-state index contributed by atoms with van der Waals surface area (Å²) < 4.78 is 11.3. The van der Waals surface area contributed by atoms with Crippen LogP contribution in [0, 0.1) is 0 Å². The maximum Gasteiger partial charge on any atom is 0.294 e. The normalized spacial score (nSPS) is 13.6. The molecular weight excluding hydrogens is 500 g/mol. The van der Waals surface area contributed by atoms with E-state index < -0.39 is 0 Å². The third-order valence-electron chi connectivity index (χ3n) is 6.19. The van der Waals surface area contributed by atoms with Crippen molar-refractivity contribution < 1.29 is 19.1 Å². The summed E-state index contributed by atoms with van der Waals surface area (Å²) in [6, 6.07) is 29.4. The van der Waals surface area contributed by atoms with E-state index in [0.717, 1.165) is 22.4 Å². The smallest absolute Gasteiger partial charge is 0.294 e. The number of hydrogen-bond donors (Lipinski definition) is 1. The van der Waals surface area contributed by atoms with E-state index in [0.29, 0.717) is 35.1 Å². The highest BCUT2D eigenvalue weighted by Gasteiger charge is 2.30. The molecule has 0 spiro atoms. The number of nitrogens with zero attached hydrogens (tertiary/aromatic N) is 1. The molecule has 2 amide bonds. The van der Waals surface area contributed by atoms with Gasteiger partial charge in [-0.1, -0.05) is 66.2 Å². The van der Waals surface area contributed by atoms with Crippen LogP contribution in [0.5, 0.6) is 11.5 Å². The summed E-state index contributed by atoms with van der Waals surface area (Å²) in [4.78, 5) is 27.8. The number of nitrogens with one attached hydrogen (secondary N) is 1. The van der Waals surface area contributed by atoms with Gasteiger partial charge in [-0.15, -0.1) is 0 Å². The summed E-state index contributed by atoms with van der Waals surface area (Å²) in [5.41, 5.74) is 3.78. The van der Waals surface area contributed by atoms with Crippen LogP contribution < -0.4 is 19.7 Å². The monoisotopic (exact) mass is 524 g/mol. The highest BCUT2D eigenvalue weighted by Crippen LogP contribution is 2.36. The Morgan fingerprint density at radius 3 is 2.42 bits per heavy atom. The first-order chi connectivity index (χ1) is 18.5. The lowest BCUT2D eigenvalue weighted by molar-refractivity contribution is -0.117. The molecule has 1 aliphatic rings. The summed E-state index contributed by atoms with van der Waals surface area (Å²) in [7, 11) is 1.60. The molecule has 0 aliphatic carbocycles. The number of amides is 2. The SMILES string of the molecule is COc1ccccc1CNC(=O)c1ccc(C=C2Oc3ccccc3N(Cc3ccc(Cl)cc3)C2=O)cc1. The Bertz CT molecular complexity index is 1500. The molecule has 1 N–H and O–H groups in total. The molecule has 0 radical (unpaired) electrons. The Morgan fingerprint density at radius 1 is 0.947 bits per heavy atom. The van der Waals surface area contributed by atoms with Gasteiger partial charge in [0.25, 0.3) is 11.8 Å². The van der Waals surface area contributed by atoms with E-state index in [4.69, 9.17) is 21.1 Å². The fraction of sp³-hybridized carbons (Fsp3) is 0.0968. The van der Waals surface area contributed by atoms with Crippen molar-refractivity contribution in [2.24, 2.45) is 0 Å². The Labute approximate surface area is 226 Å². The number of methoxy groups -OCH3 is 1. The van der Waals surface area contributed by atoms with Crippen LogP contribution in [0.15, 0.2) is 103 Å².